The zero-order chi connectivity index (χ0) is 20.7. The summed E-state index contributed by atoms with van der Waals surface area (Å²) in [7, 11) is 0. The molecule has 1 atom stereocenters. The highest BCUT2D eigenvalue weighted by atomic mass is 16.6. The van der Waals surface area contributed by atoms with Gasteiger partial charge in [-0.1, -0.05) is 0 Å². The van der Waals surface area contributed by atoms with Crippen LogP contribution in [0.3, 0.4) is 0 Å². The first-order valence-corrected chi connectivity index (χ1v) is 10.2. The second kappa shape index (κ2) is 7.56. The maximum absolute atomic E-state index is 12.0. The van der Waals surface area contributed by atoms with E-state index in [0.29, 0.717) is 18.6 Å². The molecule has 2 aromatic heterocycles. The van der Waals surface area contributed by atoms with Crippen LogP contribution in [-0.4, -0.2) is 51.7 Å². The van der Waals surface area contributed by atoms with Crippen molar-refractivity contribution in [1.29, 1.82) is 0 Å². The average Bonchev–Trinajstić information content (AvgIpc) is 3.29. The summed E-state index contributed by atoms with van der Waals surface area (Å²) in [4.78, 5) is 22.8. The van der Waals surface area contributed by atoms with Gasteiger partial charge < -0.3 is 14.8 Å². The summed E-state index contributed by atoms with van der Waals surface area (Å²) in [6.45, 7) is 5.94. The monoisotopic (exact) mass is 410 g/mol. The molecule has 2 aliphatic rings. The molecule has 0 radical (unpaired) electrons. The molecule has 4 heterocycles. The third-order valence-electron chi connectivity index (χ3n) is 5.76. The van der Waals surface area contributed by atoms with Gasteiger partial charge in [-0.15, -0.1) is 0 Å². The maximum atomic E-state index is 12.0. The Balaban J connectivity index is 0.00000231. The largest absolute Gasteiger partial charge is 0.447 e. The Morgan fingerprint density at radius 1 is 1.23 bits per heavy atom. The Morgan fingerprint density at radius 2 is 2.07 bits per heavy atom. The van der Waals surface area contributed by atoms with E-state index in [9.17, 15) is 4.79 Å². The summed E-state index contributed by atoms with van der Waals surface area (Å²) < 4.78 is 12.7. The highest BCUT2D eigenvalue weighted by Crippen LogP contribution is 2.29. The third kappa shape index (κ3) is 3.35. The Labute approximate surface area is 175 Å². The van der Waals surface area contributed by atoms with Crippen molar-refractivity contribution in [3.05, 3.63) is 36.3 Å². The summed E-state index contributed by atoms with van der Waals surface area (Å²) >= 11 is 0. The predicted molar refractivity (Wildman–Crippen MR) is 114 cm³/mol. The van der Waals surface area contributed by atoms with E-state index in [1.165, 1.54) is 0 Å². The van der Waals surface area contributed by atoms with Gasteiger partial charge in [-0.25, -0.2) is 14.8 Å². The number of nitrogens with zero attached hydrogens (tertiary/aromatic N) is 5. The van der Waals surface area contributed by atoms with Crippen LogP contribution in [-0.2, 0) is 9.47 Å². The minimum atomic E-state index is -0.328. The van der Waals surface area contributed by atoms with Crippen LogP contribution in [0.15, 0.2) is 30.6 Å². The second-order valence-electron chi connectivity index (χ2n) is 7.79. The third-order valence-corrected chi connectivity index (χ3v) is 5.76. The molecule has 2 aliphatic heterocycles. The normalized spacial score (nSPS) is 20.0. The second-order valence-corrected chi connectivity index (χ2v) is 7.79. The van der Waals surface area contributed by atoms with Crippen LogP contribution in [0.25, 0.3) is 10.9 Å². The van der Waals surface area contributed by atoms with Crippen LogP contribution in [0, 0.1) is 6.92 Å². The first-order chi connectivity index (χ1) is 14.6. The lowest BCUT2D eigenvalue weighted by Gasteiger charge is -2.23. The molecule has 0 unspecified atom stereocenters. The first-order valence-electron chi connectivity index (χ1n) is 10.2. The van der Waals surface area contributed by atoms with Gasteiger partial charge in [0.2, 0.25) is 5.95 Å². The van der Waals surface area contributed by atoms with Crippen LogP contribution in [0.1, 0.15) is 32.9 Å². The summed E-state index contributed by atoms with van der Waals surface area (Å²) in [5.41, 5.74) is 3.46. The molecule has 30 heavy (non-hydrogen) atoms. The Bertz CT molecular complexity index is 1100. The number of nitrogens with one attached hydrogen (secondary N) is 1. The average molecular weight is 410 g/mol. The molecule has 2 fully saturated rings. The van der Waals surface area contributed by atoms with E-state index in [-0.39, 0.29) is 13.6 Å². The minimum absolute atomic E-state index is 0. The number of amides is 1. The zero-order valence-electron chi connectivity index (χ0n) is 17.0. The molecule has 2 saturated heterocycles. The van der Waals surface area contributed by atoms with Crippen LogP contribution in [0.2, 0.25) is 0 Å². The lowest BCUT2D eigenvalue weighted by atomic mass is 10.1. The number of hydrogen-bond acceptors (Lipinski definition) is 7. The molecule has 5 rings (SSSR count). The first kappa shape index (κ1) is 18.8. The Morgan fingerprint density at radius 3 is 2.83 bits per heavy atom. The van der Waals surface area contributed by atoms with Gasteiger partial charge >= 0.3 is 6.09 Å². The molecule has 0 spiro atoms. The van der Waals surface area contributed by atoms with Crippen LogP contribution >= 0.6 is 0 Å². The van der Waals surface area contributed by atoms with E-state index in [2.05, 4.69) is 25.1 Å². The van der Waals surface area contributed by atoms with E-state index in [4.69, 9.17) is 9.47 Å². The van der Waals surface area contributed by atoms with Crippen molar-refractivity contribution in [2.24, 2.45) is 0 Å². The van der Waals surface area contributed by atoms with Gasteiger partial charge in [-0.05, 0) is 44.9 Å². The summed E-state index contributed by atoms with van der Waals surface area (Å²) in [5.74, 6) is 0.492. The van der Waals surface area contributed by atoms with Crippen molar-refractivity contribution in [3.63, 3.8) is 0 Å². The van der Waals surface area contributed by atoms with Crippen molar-refractivity contribution in [2.45, 2.75) is 38.8 Å². The van der Waals surface area contributed by atoms with Crippen molar-refractivity contribution >= 4 is 34.3 Å². The van der Waals surface area contributed by atoms with E-state index < -0.39 is 0 Å². The number of cyclic esters (lactones) is 1. The number of benzene rings is 1. The number of rotatable bonds is 4. The van der Waals surface area contributed by atoms with Crippen molar-refractivity contribution in [3.8, 4) is 0 Å². The molecule has 9 heteroatoms. The quantitative estimate of drug-likeness (QED) is 0.699. The van der Waals surface area contributed by atoms with Crippen molar-refractivity contribution in [1.82, 2.24) is 19.7 Å². The van der Waals surface area contributed by atoms with Gasteiger partial charge in [0.15, 0.2) is 0 Å². The standard InChI is InChI=1S/C21H24N6O3.H2/c1-13-12-30-21(28)26(13)17-4-3-15-10-22-20(24-18(15)9-17)25-19-11-23-27(14(19)2)16-5-7-29-8-6-16;/h3-4,9-11,13,16H,5-8,12H2,1-2H3,(H,22,24,25);1H/t13-;/m0./s1. The van der Waals surface area contributed by atoms with Gasteiger partial charge in [0.05, 0.1) is 35.2 Å². The fraction of sp³-hybridized carbons (Fsp3) is 0.429. The van der Waals surface area contributed by atoms with E-state index in [1.807, 2.05) is 38.2 Å². The predicted octanol–water partition coefficient (Wildman–Crippen LogP) is 3.82. The Hall–Kier alpha value is -3.20. The summed E-state index contributed by atoms with van der Waals surface area (Å²) in [5, 5.41) is 8.76. The SMILES string of the molecule is Cc1c(Nc2ncc3ccc(N4C(=O)OC[C@@H]4C)cc3n2)cnn1C1CCOCC1.[HH]. The van der Waals surface area contributed by atoms with E-state index >= 15 is 0 Å². The molecular weight excluding hydrogens is 384 g/mol. The molecule has 1 aromatic carbocycles. The van der Waals surface area contributed by atoms with Crippen LogP contribution in [0.5, 0.6) is 0 Å². The van der Waals surface area contributed by atoms with Gasteiger partial charge in [-0.3, -0.25) is 9.58 Å². The van der Waals surface area contributed by atoms with Gasteiger partial charge in [0.1, 0.15) is 6.61 Å². The highest BCUT2D eigenvalue weighted by Gasteiger charge is 2.31. The fourth-order valence-electron chi connectivity index (χ4n) is 4.06. The molecule has 0 bridgehead atoms. The lowest BCUT2D eigenvalue weighted by molar-refractivity contribution is 0.0657. The van der Waals surface area contributed by atoms with Crippen molar-refractivity contribution < 1.29 is 15.7 Å². The molecule has 9 nitrogen and oxygen atoms in total. The Kier molecular flexibility index (Phi) is 4.74. The molecule has 0 saturated carbocycles. The number of hydrogen-bond donors (Lipinski definition) is 1. The van der Waals surface area contributed by atoms with E-state index in [1.54, 1.807) is 11.1 Å². The molecule has 0 aliphatic carbocycles. The fourth-order valence-corrected chi connectivity index (χ4v) is 4.06. The zero-order valence-corrected chi connectivity index (χ0v) is 17.0. The molecular formula is C21H26N6O3. The molecule has 1 N–H and O–H groups in total. The van der Waals surface area contributed by atoms with Crippen LogP contribution < -0.4 is 10.2 Å². The highest BCUT2D eigenvalue weighted by molar-refractivity contribution is 5.93. The topological polar surface area (TPSA) is 94.4 Å². The van der Waals surface area contributed by atoms with Gasteiger partial charge in [-0.2, -0.15) is 5.10 Å². The smallest absolute Gasteiger partial charge is 0.414 e. The molecule has 1 amide bonds. The van der Waals surface area contributed by atoms with E-state index in [0.717, 1.165) is 54.0 Å². The number of carbonyl (C=O) groups is 1. The summed E-state index contributed by atoms with van der Waals surface area (Å²) in [6, 6.07) is 6.05. The minimum Gasteiger partial charge on any atom is -0.447 e. The van der Waals surface area contributed by atoms with Crippen LogP contribution in [0.4, 0.5) is 22.1 Å². The molecule has 158 valence electrons. The summed E-state index contributed by atoms with van der Waals surface area (Å²) in [6.07, 6.45) is 5.20. The number of fused-ring (bicyclic) bond motifs is 1. The number of aromatic nitrogens is 4. The maximum Gasteiger partial charge on any atom is 0.414 e. The number of anilines is 3. The molecule has 3 aromatic rings. The lowest BCUT2D eigenvalue weighted by Crippen LogP contribution is -2.30. The van der Waals surface area contributed by atoms with Gasteiger partial charge in [0.25, 0.3) is 0 Å². The number of carbonyl (C=O) groups excluding carboxylic acids is 1. The van der Waals surface area contributed by atoms with Gasteiger partial charge in [0, 0.05) is 31.9 Å². The number of ether oxygens (including phenoxy) is 2. The van der Waals surface area contributed by atoms with Crippen molar-refractivity contribution in [2.75, 3.05) is 30.0 Å².